The van der Waals surface area contributed by atoms with Gasteiger partial charge in [0.2, 0.25) is 0 Å². The molecule has 1 aliphatic carbocycles. The van der Waals surface area contributed by atoms with E-state index in [4.69, 9.17) is 33.7 Å². The summed E-state index contributed by atoms with van der Waals surface area (Å²) in [4.78, 5) is 46.4. The second-order valence-corrected chi connectivity index (χ2v) is 15.6. The molecule has 1 saturated carbocycles. The number of hydrogen-bond acceptors (Lipinski definition) is 13. The van der Waals surface area contributed by atoms with E-state index in [0.717, 1.165) is 18.4 Å². The van der Waals surface area contributed by atoms with Gasteiger partial charge in [0.25, 0.3) is 11.8 Å². The van der Waals surface area contributed by atoms with E-state index in [1.165, 1.54) is 89.5 Å². The van der Waals surface area contributed by atoms with Crippen molar-refractivity contribution in [3.8, 4) is 39.6 Å². The average molecular weight is 916 g/mol. The summed E-state index contributed by atoms with van der Waals surface area (Å²) in [6, 6.07) is 11.7. The molecule has 6 heterocycles. The third-order valence-electron chi connectivity index (χ3n) is 10.3. The van der Waals surface area contributed by atoms with Crippen LogP contribution in [0.1, 0.15) is 52.0 Å². The number of benzene rings is 2. The van der Waals surface area contributed by atoms with Crippen LogP contribution in [0.3, 0.4) is 0 Å². The van der Waals surface area contributed by atoms with Crippen molar-refractivity contribution in [1.29, 1.82) is 0 Å². The normalized spacial score (nSPS) is 12.7. The number of rotatable bonds is 14. The maximum atomic E-state index is 16.0. The van der Waals surface area contributed by atoms with Crippen molar-refractivity contribution in [1.82, 2.24) is 49.9 Å². The van der Waals surface area contributed by atoms with Crippen molar-refractivity contribution in [3.05, 3.63) is 149 Å². The van der Waals surface area contributed by atoms with Crippen molar-refractivity contribution >= 4 is 57.8 Å². The Morgan fingerprint density at radius 3 is 1.82 bits per heavy atom. The lowest BCUT2D eigenvalue weighted by atomic mass is 9.93. The van der Waals surface area contributed by atoms with Crippen molar-refractivity contribution in [2.75, 3.05) is 28.2 Å². The van der Waals surface area contributed by atoms with Gasteiger partial charge < -0.3 is 26.4 Å². The minimum absolute atomic E-state index is 0.105. The standard InChI is InChI=1S/C44H34Cl2F2N14O3/c1-23(65-40-17-33(37(48)16-31(40)27-4-6-50-21-38(27)49)44(64)60-26-13-35(46)42(54-20-26)62-57-10-11-58-62)18-52-39-22-51-7-5-28(39)30-15-36(47)32(14-29(30)24-2-3-24)43(63)59-25-12-34(45)41(53-19-25)61-55-8-9-56-61/h4-17,19-24,52H,2-3,18,49H2,1H3,(H,59,63)(H,60,64). The van der Waals surface area contributed by atoms with Crippen LogP contribution >= 0.6 is 23.2 Å². The zero-order valence-electron chi connectivity index (χ0n) is 34.0. The minimum atomic E-state index is -0.843. The summed E-state index contributed by atoms with van der Waals surface area (Å²) in [5, 5.41) is 25.1. The van der Waals surface area contributed by atoms with E-state index >= 15 is 8.78 Å². The number of nitrogen functional groups attached to an aromatic ring is 1. The van der Waals surface area contributed by atoms with Gasteiger partial charge in [0.1, 0.15) is 23.5 Å². The smallest absolute Gasteiger partial charge is 0.258 e. The van der Waals surface area contributed by atoms with E-state index in [0.29, 0.717) is 22.4 Å². The Morgan fingerprint density at radius 2 is 1.26 bits per heavy atom. The van der Waals surface area contributed by atoms with Crippen LogP contribution in [0.25, 0.3) is 33.9 Å². The molecule has 65 heavy (non-hydrogen) atoms. The van der Waals surface area contributed by atoms with Gasteiger partial charge in [-0.15, -0.1) is 9.59 Å². The monoisotopic (exact) mass is 914 g/mol. The van der Waals surface area contributed by atoms with Crippen LogP contribution in [-0.4, -0.2) is 74.4 Å². The first-order valence-corrected chi connectivity index (χ1v) is 20.6. The number of aromatic nitrogens is 10. The Kier molecular flexibility index (Phi) is 11.8. The number of pyridine rings is 4. The van der Waals surface area contributed by atoms with Crippen LogP contribution < -0.4 is 26.4 Å². The number of hydrogen-bond donors (Lipinski definition) is 4. The summed E-state index contributed by atoms with van der Waals surface area (Å²) in [5.41, 5.74) is 9.83. The van der Waals surface area contributed by atoms with Crippen molar-refractivity contribution in [2.45, 2.75) is 31.8 Å². The third-order valence-corrected chi connectivity index (χ3v) is 10.8. The molecule has 0 bridgehead atoms. The predicted molar refractivity (Wildman–Crippen MR) is 238 cm³/mol. The number of carbonyl (C=O) groups excluding carboxylic acids is 2. The molecule has 0 radical (unpaired) electrons. The molecule has 0 aliphatic heterocycles. The fourth-order valence-electron chi connectivity index (χ4n) is 7.04. The number of ether oxygens (including phenoxy) is 1. The predicted octanol–water partition coefficient (Wildman–Crippen LogP) is 8.19. The van der Waals surface area contributed by atoms with E-state index in [2.05, 4.69) is 56.3 Å². The molecule has 326 valence electrons. The lowest BCUT2D eigenvalue weighted by Gasteiger charge is -2.21. The molecule has 1 aliphatic rings. The zero-order chi connectivity index (χ0) is 45.2. The Bertz CT molecular complexity index is 3080. The number of nitrogens with one attached hydrogen (secondary N) is 3. The first-order chi connectivity index (χ1) is 31.5. The topological polar surface area (TPSA) is 218 Å². The summed E-state index contributed by atoms with van der Waals surface area (Å²) in [5.74, 6) is -2.29. The number of nitrogens with zero attached hydrogens (tertiary/aromatic N) is 10. The number of carbonyl (C=O) groups is 2. The summed E-state index contributed by atoms with van der Waals surface area (Å²) < 4.78 is 38.4. The Morgan fingerprint density at radius 1 is 0.723 bits per heavy atom. The van der Waals surface area contributed by atoms with Gasteiger partial charge in [0, 0.05) is 29.1 Å². The Balaban J connectivity index is 0.945. The highest BCUT2D eigenvalue weighted by Gasteiger charge is 2.30. The van der Waals surface area contributed by atoms with Crippen LogP contribution in [0.4, 0.5) is 31.5 Å². The molecule has 17 nitrogen and oxygen atoms in total. The fraction of sp³-hybridized carbons (Fsp3) is 0.136. The molecule has 0 saturated heterocycles. The number of nitrogens with two attached hydrogens (primary N) is 1. The number of amides is 2. The lowest BCUT2D eigenvalue weighted by molar-refractivity contribution is 0.101. The molecule has 0 spiro atoms. The van der Waals surface area contributed by atoms with Crippen LogP contribution in [0.15, 0.2) is 110 Å². The SMILES string of the molecule is CC(CNc1cnccc1-c1cc(F)c(C(=O)Nc2cnc(-n3nccn3)c(Cl)c2)cc1C1CC1)Oc1cc(C(=O)Nc2cnc(-n3nccn3)c(Cl)c2)c(F)cc1-c1ccncc1N. The molecule has 1 atom stereocenters. The first kappa shape index (κ1) is 42.4. The quantitative estimate of drug-likeness (QED) is 0.0810. The van der Waals surface area contributed by atoms with E-state index < -0.39 is 29.6 Å². The summed E-state index contributed by atoms with van der Waals surface area (Å²) in [6.07, 6.45) is 15.9. The van der Waals surface area contributed by atoms with Gasteiger partial charge in [-0.2, -0.15) is 20.4 Å². The molecule has 9 rings (SSSR count). The Labute approximate surface area is 378 Å². The van der Waals surface area contributed by atoms with E-state index in [-0.39, 0.29) is 73.6 Å². The van der Waals surface area contributed by atoms with E-state index in [1.54, 1.807) is 37.5 Å². The highest BCUT2D eigenvalue weighted by atomic mass is 35.5. The maximum absolute atomic E-state index is 16.0. The second-order valence-electron chi connectivity index (χ2n) is 14.8. The van der Waals surface area contributed by atoms with Gasteiger partial charge in [-0.05, 0) is 85.3 Å². The molecule has 5 N–H and O–H groups in total. The van der Waals surface area contributed by atoms with Crippen LogP contribution in [0.5, 0.6) is 5.75 Å². The van der Waals surface area contributed by atoms with Crippen molar-refractivity contribution in [2.24, 2.45) is 0 Å². The summed E-state index contributed by atoms with van der Waals surface area (Å²) in [6.45, 7) is 1.96. The molecule has 1 fully saturated rings. The maximum Gasteiger partial charge on any atom is 0.258 e. The molecule has 8 aromatic rings. The van der Waals surface area contributed by atoms with Crippen LogP contribution in [-0.2, 0) is 0 Å². The summed E-state index contributed by atoms with van der Waals surface area (Å²) >= 11 is 12.8. The molecule has 1 unspecified atom stereocenters. The van der Waals surface area contributed by atoms with Gasteiger partial charge in [-0.3, -0.25) is 19.6 Å². The Hall–Kier alpha value is -7.90. The van der Waals surface area contributed by atoms with E-state index in [9.17, 15) is 9.59 Å². The summed E-state index contributed by atoms with van der Waals surface area (Å²) in [7, 11) is 0. The van der Waals surface area contributed by atoms with Gasteiger partial charge in [0.15, 0.2) is 11.6 Å². The molecular weight excluding hydrogens is 881 g/mol. The van der Waals surface area contributed by atoms with Crippen molar-refractivity contribution in [3.63, 3.8) is 0 Å². The average Bonchev–Trinajstić information content (AvgIpc) is 3.70. The highest BCUT2D eigenvalue weighted by Crippen LogP contribution is 2.46. The largest absolute Gasteiger partial charge is 0.488 e. The van der Waals surface area contributed by atoms with Crippen LogP contribution in [0.2, 0.25) is 10.0 Å². The second kappa shape index (κ2) is 18.1. The molecule has 2 aromatic carbocycles. The third kappa shape index (κ3) is 9.13. The lowest BCUT2D eigenvalue weighted by Crippen LogP contribution is -2.24. The van der Waals surface area contributed by atoms with Gasteiger partial charge in [0.05, 0.1) is 100 Å². The highest BCUT2D eigenvalue weighted by molar-refractivity contribution is 6.32. The number of halogens is 4. The molecule has 21 heteroatoms. The first-order valence-electron chi connectivity index (χ1n) is 19.9. The molecule has 6 aromatic heterocycles. The van der Waals surface area contributed by atoms with Crippen LogP contribution in [0, 0.1) is 11.6 Å². The number of anilines is 4. The van der Waals surface area contributed by atoms with E-state index in [1.807, 2.05) is 0 Å². The molecule has 2 amide bonds. The van der Waals surface area contributed by atoms with Crippen molar-refractivity contribution < 1.29 is 23.1 Å². The fourth-order valence-corrected chi connectivity index (χ4v) is 7.52. The van der Waals surface area contributed by atoms with Gasteiger partial charge in [-0.25, -0.2) is 18.7 Å². The van der Waals surface area contributed by atoms with Gasteiger partial charge in [-0.1, -0.05) is 23.2 Å². The molecular formula is C44H34Cl2F2N14O3. The van der Waals surface area contributed by atoms with Gasteiger partial charge >= 0.3 is 0 Å². The zero-order valence-corrected chi connectivity index (χ0v) is 35.5. The minimum Gasteiger partial charge on any atom is -0.488 e.